The predicted molar refractivity (Wildman–Crippen MR) is 102 cm³/mol. The summed E-state index contributed by atoms with van der Waals surface area (Å²) < 4.78 is 5.60. The van der Waals surface area contributed by atoms with Crippen LogP contribution in [0.25, 0.3) is 0 Å². The van der Waals surface area contributed by atoms with Crippen LogP contribution in [0.15, 0.2) is 23.2 Å². The molecule has 0 saturated heterocycles. The minimum atomic E-state index is -0.495. The lowest BCUT2D eigenvalue weighted by Crippen LogP contribution is -2.38. The van der Waals surface area contributed by atoms with Crippen molar-refractivity contribution in [3.8, 4) is 0 Å². The molecule has 1 fully saturated rings. The Morgan fingerprint density at radius 1 is 1.36 bits per heavy atom. The molecule has 0 unspecified atom stereocenters. The SMILES string of the molecule is CN=C(NC)NCc1ccc(N(C(=O)OC(C)(C)C)C2CC2)c(C)c1. The molecule has 1 amide bonds. The molecule has 0 heterocycles. The lowest BCUT2D eigenvalue weighted by molar-refractivity contribution is 0.0577. The monoisotopic (exact) mass is 346 g/mol. The fourth-order valence-corrected chi connectivity index (χ4v) is 2.65. The Hall–Kier alpha value is -2.24. The highest BCUT2D eigenvalue weighted by molar-refractivity contribution is 5.90. The quantitative estimate of drug-likeness (QED) is 0.649. The van der Waals surface area contributed by atoms with Gasteiger partial charge in [-0.15, -0.1) is 0 Å². The Bertz CT molecular complexity index is 645. The fourth-order valence-electron chi connectivity index (χ4n) is 2.65. The number of nitrogens with zero attached hydrogens (tertiary/aromatic N) is 2. The summed E-state index contributed by atoms with van der Waals surface area (Å²) in [5, 5.41) is 6.23. The smallest absolute Gasteiger partial charge is 0.415 e. The van der Waals surface area contributed by atoms with Crippen molar-refractivity contribution in [1.29, 1.82) is 0 Å². The third-order valence-corrected chi connectivity index (χ3v) is 3.94. The number of carbonyl (C=O) groups is 1. The highest BCUT2D eigenvalue weighted by Gasteiger charge is 2.37. The number of anilines is 1. The number of guanidine groups is 1. The minimum absolute atomic E-state index is 0.251. The molecule has 1 aromatic rings. The first-order valence-electron chi connectivity index (χ1n) is 8.75. The van der Waals surface area contributed by atoms with E-state index in [4.69, 9.17) is 4.74 Å². The van der Waals surface area contributed by atoms with Crippen molar-refractivity contribution in [2.24, 2.45) is 4.99 Å². The number of hydrogen-bond donors (Lipinski definition) is 2. The predicted octanol–water partition coefficient (Wildman–Crippen LogP) is 3.19. The molecule has 2 rings (SSSR count). The Kier molecular flexibility index (Phi) is 5.93. The Balaban J connectivity index is 2.15. The number of nitrogens with one attached hydrogen (secondary N) is 2. The molecule has 6 nitrogen and oxygen atoms in total. The van der Waals surface area contributed by atoms with E-state index in [1.807, 2.05) is 51.8 Å². The van der Waals surface area contributed by atoms with Crippen LogP contribution in [0.2, 0.25) is 0 Å². The van der Waals surface area contributed by atoms with Gasteiger partial charge in [0.25, 0.3) is 0 Å². The summed E-state index contributed by atoms with van der Waals surface area (Å²) in [5.74, 6) is 0.745. The van der Waals surface area contributed by atoms with Crippen molar-refractivity contribution in [2.45, 2.75) is 58.7 Å². The maximum absolute atomic E-state index is 12.6. The molecular weight excluding hydrogens is 316 g/mol. The molecular formula is C19H30N4O2. The summed E-state index contributed by atoms with van der Waals surface area (Å²) in [6, 6.07) is 6.40. The van der Waals surface area contributed by atoms with Crippen LogP contribution in [0.4, 0.5) is 10.5 Å². The average molecular weight is 346 g/mol. The normalized spacial score (nSPS) is 14.9. The number of amides is 1. The Morgan fingerprint density at radius 3 is 2.52 bits per heavy atom. The first-order valence-corrected chi connectivity index (χ1v) is 8.75. The highest BCUT2D eigenvalue weighted by Crippen LogP contribution is 2.35. The zero-order valence-corrected chi connectivity index (χ0v) is 16.1. The zero-order valence-electron chi connectivity index (χ0n) is 16.1. The van der Waals surface area contributed by atoms with Gasteiger partial charge in [-0.25, -0.2) is 4.79 Å². The molecule has 0 atom stereocenters. The number of aliphatic imine (C=N–C) groups is 1. The summed E-state index contributed by atoms with van der Waals surface area (Å²) in [7, 11) is 3.57. The van der Waals surface area contributed by atoms with Gasteiger partial charge < -0.3 is 15.4 Å². The number of hydrogen-bond acceptors (Lipinski definition) is 3. The summed E-state index contributed by atoms with van der Waals surface area (Å²) in [4.78, 5) is 18.6. The molecule has 2 N–H and O–H groups in total. The summed E-state index contributed by atoms with van der Waals surface area (Å²) in [6.07, 6.45) is 1.79. The topological polar surface area (TPSA) is 66.0 Å². The van der Waals surface area contributed by atoms with E-state index in [9.17, 15) is 4.79 Å². The molecule has 0 bridgehead atoms. The van der Waals surface area contributed by atoms with Gasteiger partial charge in [-0.2, -0.15) is 0 Å². The number of ether oxygens (including phenoxy) is 1. The van der Waals surface area contributed by atoms with Gasteiger partial charge in [-0.1, -0.05) is 12.1 Å². The van der Waals surface area contributed by atoms with E-state index >= 15 is 0 Å². The molecule has 138 valence electrons. The van der Waals surface area contributed by atoms with Crippen molar-refractivity contribution in [1.82, 2.24) is 10.6 Å². The van der Waals surface area contributed by atoms with E-state index in [2.05, 4.69) is 21.7 Å². The Morgan fingerprint density at radius 2 is 2.04 bits per heavy atom. The average Bonchev–Trinajstić information content (AvgIpc) is 3.33. The second kappa shape index (κ2) is 7.76. The van der Waals surface area contributed by atoms with Crippen LogP contribution in [0.1, 0.15) is 44.7 Å². The lowest BCUT2D eigenvalue weighted by Gasteiger charge is -2.28. The van der Waals surface area contributed by atoms with E-state index in [0.29, 0.717) is 6.54 Å². The van der Waals surface area contributed by atoms with Gasteiger partial charge >= 0.3 is 6.09 Å². The standard InChI is InChI=1S/C19H30N4O2/c1-13-11-14(12-22-17(20-5)21-6)7-10-16(13)23(15-8-9-15)18(24)25-19(2,3)4/h7,10-11,15H,8-9,12H2,1-6H3,(H2,20,21,22). The van der Waals surface area contributed by atoms with Crippen molar-refractivity contribution >= 4 is 17.7 Å². The van der Waals surface area contributed by atoms with E-state index in [1.54, 1.807) is 7.05 Å². The lowest BCUT2D eigenvalue weighted by atomic mass is 10.1. The van der Waals surface area contributed by atoms with E-state index in [1.165, 1.54) is 0 Å². The third kappa shape index (κ3) is 5.37. The molecule has 0 radical (unpaired) electrons. The first-order chi connectivity index (χ1) is 11.7. The molecule has 1 aliphatic rings. The maximum Gasteiger partial charge on any atom is 0.415 e. The van der Waals surface area contributed by atoms with Crippen LogP contribution >= 0.6 is 0 Å². The maximum atomic E-state index is 12.6. The second-order valence-corrected chi connectivity index (χ2v) is 7.38. The minimum Gasteiger partial charge on any atom is -0.443 e. The largest absolute Gasteiger partial charge is 0.443 e. The molecule has 0 spiro atoms. The summed E-state index contributed by atoms with van der Waals surface area (Å²) >= 11 is 0. The Labute approximate surface area is 150 Å². The van der Waals surface area contributed by atoms with E-state index in [0.717, 1.165) is 35.6 Å². The van der Waals surface area contributed by atoms with Crippen LogP contribution in [0, 0.1) is 6.92 Å². The van der Waals surface area contributed by atoms with E-state index < -0.39 is 5.60 Å². The van der Waals surface area contributed by atoms with Gasteiger partial charge in [0.2, 0.25) is 0 Å². The van der Waals surface area contributed by atoms with Crippen LogP contribution in [-0.4, -0.2) is 37.8 Å². The molecule has 6 heteroatoms. The van der Waals surface area contributed by atoms with Crippen molar-refractivity contribution in [2.75, 3.05) is 19.0 Å². The van der Waals surface area contributed by atoms with Crippen LogP contribution in [0.3, 0.4) is 0 Å². The molecule has 1 aromatic carbocycles. The van der Waals surface area contributed by atoms with Gasteiger partial charge in [-0.3, -0.25) is 9.89 Å². The number of rotatable bonds is 4. The number of aryl methyl sites for hydroxylation is 1. The van der Waals surface area contributed by atoms with Gasteiger partial charge in [0.1, 0.15) is 5.60 Å². The summed E-state index contributed by atoms with van der Waals surface area (Å²) in [5.41, 5.74) is 2.64. The van der Waals surface area contributed by atoms with Gasteiger partial charge in [0.05, 0.1) is 5.69 Å². The molecule has 1 aliphatic carbocycles. The van der Waals surface area contributed by atoms with E-state index in [-0.39, 0.29) is 12.1 Å². The van der Waals surface area contributed by atoms with Crippen molar-refractivity contribution < 1.29 is 9.53 Å². The third-order valence-electron chi connectivity index (χ3n) is 3.94. The number of benzene rings is 1. The molecule has 1 saturated carbocycles. The first kappa shape index (κ1) is 19.1. The fraction of sp³-hybridized carbons (Fsp3) is 0.579. The summed E-state index contributed by atoms with van der Waals surface area (Å²) in [6.45, 7) is 8.39. The van der Waals surface area contributed by atoms with Gasteiger partial charge in [-0.05, 0) is 57.7 Å². The van der Waals surface area contributed by atoms with Crippen LogP contribution in [0.5, 0.6) is 0 Å². The highest BCUT2D eigenvalue weighted by atomic mass is 16.6. The molecule has 0 aliphatic heterocycles. The van der Waals surface area contributed by atoms with Crippen LogP contribution < -0.4 is 15.5 Å². The van der Waals surface area contributed by atoms with Crippen LogP contribution in [-0.2, 0) is 11.3 Å². The van der Waals surface area contributed by atoms with Crippen molar-refractivity contribution in [3.63, 3.8) is 0 Å². The van der Waals surface area contributed by atoms with Crippen molar-refractivity contribution in [3.05, 3.63) is 29.3 Å². The number of carbonyl (C=O) groups excluding carboxylic acids is 1. The van der Waals surface area contributed by atoms with Gasteiger partial charge in [0.15, 0.2) is 5.96 Å². The molecule has 0 aromatic heterocycles. The molecule has 25 heavy (non-hydrogen) atoms. The van der Waals surface area contributed by atoms with Gasteiger partial charge in [0, 0.05) is 26.7 Å². The zero-order chi connectivity index (χ0) is 18.6. The second-order valence-electron chi connectivity index (χ2n) is 7.38.